The summed E-state index contributed by atoms with van der Waals surface area (Å²) in [5, 5.41) is 9.30. The predicted octanol–water partition coefficient (Wildman–Crippen LogP) is 3.98. The molecule has 2 rings (SSSR count). The van der Waals surface area contributed by atoms with Crippen molar-refractivity contribution >= 4 is 17.6 Å². The fourth-order valence-electron chi connectivity index (χ4n) is 1.63. The van der Waals surface area contributed by atoms with Crippen LogP contribution in [0.15, 0.2) is 36.4 Å². The number of rotatable bonds is 2. The second-order valence-electron chi connectivity index (χ2n) is 3.62. The molecular formula is C13H7ClF2O2. The van der Waals surface area contributed by atoms with Gasteiger partial charge in [0.1, 0.15) is 11.6 Å². The summed E-state index contributed by atoms with van der Waals surface area (Å²) < 4.78 is 26.5. The first-order valence-corrected chi connectivity index (χ1v) is 5.35. The van der Waals surface area contributed by atoms with Gasteiger partial charge in [-0.3, -0.25) is 0 Å². The second kappa shape index (κ2) is 4.74. The number of carboxylic acid groups (broad SMARTS) is 1. The molecule has 0 saturated carbocycles. The molecule has 0 fully saturated rings. The van der Waals surface area contributed by atoms with Gasteiger partial charge >= 0.3 is 5.97 Å². The van der Waals surface area contributed by atoms with Crippen molar-refractivity contribution in [2.24, 2.45) is 0 Å². The normalized spacial score (nSPS) is 10.4. The number of hydrogen-bond acceptors (Lipinski definition) is 1. The van der Waals surface area contributed by atoms with Crippen LogP contribution in [0.1, 0.15) is 10.4 Å². The van der Waals surface area contributed by atoms with Crippen LogP contribution in [-0.2, 0) is 0 Å². The molecule has 18 heavy (non-hydrogen) atoms. The Bertz CT molecular complexity index is 626. The maximum atomic E-state index is 13.6. The van der Waals surface area contributed by atoms with E-state index in [-0.39, 0.29) is 21.7 Å². The minimum Gasteiger partial charge on any atom is -0.478 e. The van der Waals surface area contributed by atoms with Gasteiger partial charge in [0.25, 0.3) is 0 Å². The van der Waals surface area contributed by atoms with Crippen molar-refractivity contribution in [1.82, 2.24) is 0 Å². The lowest BCUT2D eigenvalue weighted by Crippen LogP contribution is -2.00. The standard InChI is InChI=1S/C13H7ClF2O2/c14-7-1-3-10(13(17)18)11(5-7)9-4-2-8(15)6-12(9)16/h1-6H,(H,17,18). The minimum absolute atomic E-state index is 0.00343. The van der Waals surface area contributed by atoms with Gasteiger partial charge in [-0.25, -0.2) is 13.6 Å². The molecular weight excluding hydrogens is 262 g/mol. The lowest BCUT2D eigenvalue weighted by Gasteiger charge is -2.08. The molecule has 0 heterocycles. The molecule has 0 atom stereocenters. The van der Waals surface area contributed by atoms with Crippen LogP contribution < -0.4 is 0 Å². The molecule has 1 N–H and O–H groups in total. The van der Waals surface area contributed by atoms with Gasteiger partial charge in [-0.15, -0.1) is 0 Å². The van der Waals surface area contributed by atoms with E-state index in [1.165, 1.54) is 24.3 Å². The Morgan fingerprint density at radius 2 is 1.78 bits per heavy atom. The molecule has 92 valence electrons. The molecule has 0 aliphatic carbocycles. The average Bonchev–Trinajstić information content (AvgIpc) is 2.28. The highest BCUT2D eigenvalue weighted by atomic mass is 35.5. The molecule has 5 heteroatoms. The fraction of sp³-hybridized carbons (Fsp3) is 0. The Morgan fingerprint density at radius 3 is 2.39 bits per heavy atom. The highest BCUT2D eigenvalue weighted by molar-refractivity contribution is 6.31. The predicted molar refractivity (Wildman–Crippen MR) is 63.8 cm³/mol. The number of carboxylic acids is 1. The third kappa shape index (κ3) is 2.33. The van der Waals surface area contributed by atoms with Crippen LogP contribution in [0.5, 0.6) is 0 Å². The highest BCUT2D eigenvalue weighted by Gasteiger charge is 2.15. The fourth-order valence-corrected chi connectivity index (χ4v) is 1.81. The van der Waals surface area contributed by atoms with Crippen molar-refractivity contribution in [3.05, 3.63) is 58.6 Å². The van der Waals surface area contributed by atoms with E-state index < -0.39 is 17.6 Å². The Hall–Kier alpha value is -1.94. The van der Waals surface area contributed by atoms with Crippen LogP contribution in [0.2, 0.25) is 5.02 Å². The van der Waals surface area contributed by atoms with Gasteiger partial charge < -0.3 is 5.11 Å². The number of carbonyl (C=O) groups is 1. The van der Waals surface area contributed by atoms with E-state index >= 15 is 0 Å². The van der Waals surface area contributed by atoms with Gasteiger partial charge in [-0.2, -0.15) is 0 Å². The first-order valence-electron chi connectivity index (χ1n) is 4.97. The third-order valence-electron chi connectivity index (χ3n) is 2.43. The van der Waals surface area contributed by atoms with E-state index in [0.717, 1.165) is 6.07 Å². The Kier molecular flexibility index (Phi) is 3.30. The number of hydrogen-bond donors (Lipinski definition) is 1. The molecule has 0 saturated heterocycles. The van der Waals surface area contributed by atoms with Crippen molar-refractivity contribution in [2.75, 3.05) is 0 Å². The monoisotopic (exact) mass is 268 g/mol. The van der Waals surface area contributed by atoms with Crippen LogP contribution in [0.4, 0.5) is 8.78 Å². The zero-order valence-corrected chi connectivity index (χ0v) is 9.71. The van der Waals surface area contributed by atoms with Gasteiger partial charge in [0.05, 0.1) is 5.56 Å². The van der Waals surface area contributed by atoms with E-state index in [9.17, 15) is 13.6 Å². The van der Waals surface area contributed by atoms with Gasteiger partial charge in [0.2, 0.25) is 0 Å². The molecule has 0 bridgehead atoms. The van der Waals surface area contributed by atoms with Gasteiger partial charge in [-0.1, -0.05) is 11.6 Å². The molecule has 0 aliphatic rings. The van der Waals surface area contributed by atoms with Crippen molar-refractivity contribution < 1.29 is 18.7 Å². The van der Waals surface area contributed by atoms with Crippen LogP contribution in [0.3, 0.4) is 0 Å². The Balaban J connectivity index is 2.69. The first kappa shape index (κ1) is 12.5. The largest absolute Gasteiger partial charge is 0.478 e. The van der Waals surface area contributed by atoms with Gasteiger partial charge in [-0.05, 0) is 30.3 Å². The van der Waals surface area contributed by atoms with E-state index in [1.807, 2.05) is 0 Å². The molecule has 2 aromatic rings. The number of benzene rings is 2. The summed E-state index contributed by atoms with van der Waals surface area (Å²) >= 11 is 5.77. The summed E-state index contributed by atoms with van der Waals surface area (Å²) in [5.74, 6) is -2.76. The van der Waals surface area contributed by atoms with Crippen LogP contribution in [0, 0.1) is 11.6 Å². The van der Waals surface area contributed by atoms with E-state index in [2.05, 4.69) is 0 Å². The SMILES string of the molecule is O=C(O)c1ccc(Cl)cc1-c1ccc(F)cc1F. The van der Waals surface area contributed by atoms with Crippen LogP contribution >= 0.6 is 11.6 Å². The smallest absolute Gasteiger partial charge is 0.336 e. The summed E-state index contributed by atoms with van der Waals surface area (Å²) in [6, 6.07) is 6.95. The Morgan fingerprint density at radius 1 is 1.06 bits per heavy atom. The van der Waals surface area contributed by atoms with Crippen LogP contribution in [0.25, 0.3) is 11.1 Å². The second-order valence-corrected chi connectivity index (χ2v) is 4.06. The highest BCUT2D eigenvalue weighted by Crippen LogP contribution is 2.29. The molecule has 0 amide bonds. The summed E-state index contributed by atoms with van der Waals surface area (Å²) in [6.45, 7) is 0. The van der Waals surface area contributed by atoms with E-state index in [0.29, 0.717) is 6.07 Å². The first-order chi connectivity index (χ1) is 8.49. The number of aromatic carboxylic acids is 1. The summed E-state index contributed by atoms with van der Waals surface area (Å²) in [7, 11) is 0. The van der Waals surface area contributed by atoms with Crippen LogP contribution in [-0.4, -0.2) is 11.1 Å². The van der Waals surface area contributed by atoms with Crippen molar-refractivity contribution in [3.63, 3.8) is 0 Å². The summed E-state index contributed by atoms with van der Waals surface area (Å²) in [6.07, 6.45) is 0. The zero-order valence-electron chi connectivity index (χ0n) is 8.95. The maximum Gasteiger partial charge on any atom is 0.336 e. The summed E-state index contributed by atoms with van der Waals surface area (Å²) in [4.78, 5) is 11.0. The summed E-state index contributed by atoms with van der Waals surface area (Å²) in [5.41, 5.74) is 0.0220. The molecule has 0 aromatic heterocycles. The Labute approximate surface area is 106 Å². The quantitative estimate of drug-likeness (QED) is 0.894. The van der Waals surface area contributed by atoms with Crippen molar-refractivity contribution in [3.8, 4) is 11.1 Å². The van der Waals surface area contributed by atoms with Crippen molar-refractivity contribution in [2.45, 2.75) is 0 Å². The van der Waals surface area contributed by atoms with Gasteiger partial charge in [0.15, 0.2) is 0 Å². The maximum absolute atomic E-state index is 13.6. The minimum atomic E-state index is -1.20. The molecule has 0 spiro atoms. The molecule has 2 nitrogen and oxygen atoms in total. The molecule has 2 aromatic carbocycles. The van der Waals surface area contributed by atoms with E-state index in [1.54, 1.807) is 0 Å². The molecule has 0 unspecified atom stereocenters. The third-order valence-corrected chi connectivity index (χ3v) is 2.67. The number of halogens is 3. The van der Waals surface area contributed by atoms with Gasteiger partial charge in [0, 0.05) is 22.2 Å². The van der Waals surface area contributed by atoms with Crippen molar-refractivity contribution in [1.29, 1.82) is 0 Å². The average molecular weight is 269 g/mol. The topological polar surface area (TPSA) is 37.3 Å². The molecule has 0 radical (unpaired) electrons. The zero-order chi connectivity index (χ0) is 13.3. The molecule has 0 aliphatic heterocycles. The lowest BCUT2D eigenvalue weighted by atomic mass is 9.99. The van der Waals surface area contributed by atoms with E-state index in [4.69, 9.17) is 16.7 Å². The lowest BCUT2D eigenvalue weighted by molar-refractivity contribution is 0.0698.